The zero-order valence-electron chi connectivity index (χ0n) is 10.1. The van der Waals surface area contributed by atoms with E-state index >= 15 is 0 Å². The number of benzene rings is 1. The van der Waals surface area contributed by atoms with Crippen molar-refractivity contribution in [2.24, 2.45) is 11.7 Å². The van der Waals surface area contributed by atoms with Crippen molar-refractivity contribution < 1.29 is 9.15 Å². The molecule has 1 aromatic carbocycles. The Morgan fingerprint density at radius 1 is 1.22 bits per heavy atom. The largest absolute Gasteiger partial charge is 0.459 e. The number of halogens is 1. The van der Waals surface area contributed by atoms with Gasteiger partial charge in [0.25, 0.3) is 0 Å². The van der Waals surface area contributed by atoms with Crippen molar-refractivity contribution in [1.82, 2.24) is 0 Å². The van der Waals surface area contributed by atoms with Gasteiger partial charge in [-0.3, -0.25) is 0 Å². The van der Waals surface area contributed by atoms with Gasteiger partial charge >= 0.3 is 0 Å². The van der Waals surface area contributed by atoms with Gasteiger partial charge in [0.15, 0.2) is 0 Å². The third-order valence-corrected chi connectivity index (χ3v) is 3.83. The third kappa shape index (κ3) is 2.26. The number of ether oxygens (including phenoxy) is 1. The normalized spacial score (nSPS) is 19.2. The number of hydrogen-bond donors (Lipinski definition) is 1. The Balaban J connectivity index is 1.88. The van der Waals surface area contributed by atoms with Gasteiger partial charge in [0, 0.05) is 23.6 Å². The first kappa shape index (κ1) is 12.0. The summed E-state index contributed by atoms with van der Waals surface area (Å²) in [5.41, 5.74) is 7.13. The molecule has 0 spiro atoms. The maximum Gasteiger partial charge on any atom is 0.134 e. The second-order valence-electron chi connectivity index (χ2n) is 4.81. The summed E-state index contributed by atoms with van der Waals surface area (Å²) in [6.45, 7) is 1.59. The van der Waals surface area contributed by atoms with Crippen LogP contribution in [-0.2, 0) is 4.74 Å². The molecular formula is C14H16ClNO2. The zero-order valence-corrected chi connectivity index (χ0v) is 10.8. The van der Waals surface area contributed by atoms with Crippen molar-refractivity contribution in [3.8, 4) is 0 Å². The zero-order chi connectivity index (χ0) is 12.5. The van der Waals surface area contributed by atoms with Crippen molar-refractivity contribution in [1.29, 1.82) is 0 Å². The Kier molecular flexibility index (Phi) is 3.29. The molecule has 18 heavy (non-hydrogen) atoms. The van der Waals surface area contributed by atoms with Crippen molar-refractivity contribution in [2.45, 2.75) is 18.9 Å². The lowest BCUT2D eigenvalue weighted by Crippen LogP contribution is -2.27. The fourth-order valence-corrected chi connectivity index (χ4v) is 2.69. The predicted octanol–water partition coefficient (Wildman–Crippen LogP) is 3.51. The summed E-state index contributed by atoms with van der Waals surface area (Å²) in [5, 5.41) is 1.73. The molecular weight excluding hydrogens is 250 g/mol. The Morgan fingerprint density at radius 3 is 2.78 bits per heavy atom. The first-order valence-corrected chi connectivity index (χ1v) is 6.64. The molecule has 3 rings (SSSR count). The molecule has 0 bridgehead atoms. The highest BCUT2D eigenvalue weighted by Crippen LogP contribution is 2.32. The van der Waals surface area contributed by atoms with E-state index < -0.39 is 0 Å². The Hall–Kier alpha value is -1.03. The van der Waals surface area contributed by atoms with E-state index in [9.17, 15) is 0 Å². The van der Waals surface area contributed by atoms with Gasteiger partial charge in [0.2, 0.25) is 0 Å². The summed E-state index contributed by atoms with van der Waals surface area (Å²) < 4.78 is 11.2. The van der Waals surface area contributed by atoms with Crippen LogP contribution in [0.25, 0.3) is 11.0 Å². The molecule has 1 fully saturated rings. The van der Waals surface area contributed by atoms with Crippen LogP contribution in [0, 0.1) is 5.92 Å². The number of furan rings is 1. The molecule has 3 nitrogen and oxygen atoms in total. The molecule has 1 unspecified atom stereocenters. The van der Waals surface area contributed by atoms with E-state index in [1.54, 1.807) is 0 Å². The molecule has 0 amide bonds. The number of fused-ring (bicyclic) bond motifs is 1. The van der Waals surface area contributed by atoms with Crippen LogP contribution < -0.4 is 5.73 Å². The fourth-order valence-electron chi connectivity index (χ4n) is 2.51. The average Bonchev–Trinajstić information content (AvgIpc) is 2.81. The molecule has 1 aromatic heterocycles. The number of rotatable bonds is 2. The monoisotopic (exact) mass is 265 g/mol. The van der Waals surface area contributed by atoms with Gasteiger partial charge in [-0.2, -0.15) is 0 Å². The summed E-state index contributed by atoms with van der Waals surface area (Å²) in [4.78, 5) is 0. The molecule has 1 aliphatic heterocycles. The highest BCUT2D eigenvalue weighted by molar-refractivity contribution is 6.31. The van der Waals surface area contributed by atoms with Crippen LogP contribution in [0.15, 0.2) is 28.7 Å². The lowest BCUT2D eigenvalue weighted by Gasteiger charge is -2.26. The van der Waals surface area contributed by atoms with E-state index in [-0.39, 0.29) is 6.04 Å². The average molecular weight is 266 g/mol. The maximum absolute atomic E-state index is 6.29. The highest BCUT2D eigenvalue weighted by Gasteiger charge is 2.24. The molecule has 1 atom stereocenters. The van der Waals surface area contributed by atoms with Crippen LogP contribution in [0.4, 0.5) is 0 Å². The summed E-state index contributed by atoms with van der Waals surface area (Å²) >= 11 is 5.97. The van der Waals surface area contributed by atoms with Crippen LogP contribution in [0.5, 0.6) is 0 Å². The minimum absolute atomic E-state index is 0.0555. The van der Waals surface area contributed by atoms with Crippen LogP contribution in [0.3, 0.4) is 0 Å². The molecule has 4 heteroatoms. The number of hydrogen-bond acceptors (Lipinski definition) is 3. The molecule has 1 aliphatic rings. The molecule has 2 heterocycles. The third-order valence-electron chi connectivity index (χ3n) is 3.60. The van der Waals surface area contributed by atoms with Crippen molar-refractivity contribution >= 4 is 22.6 Å². The Labute approximate surface area is 111 Å². The van der Waals surface area contributed by atoms with E-state index in [0.717, 1.165) is 47.8 Å². The van der Waals surface area contributed by atoms with Gasteiger partial charge in [-0.1, -0.05) is 11.6 Å². The Morgan fingerprint density at radius 2 is 2.00 bits per heavy atom. The summed E-state index contributed by atoms with van der Waals surface area (Å²) in [6, 6.07) is 7.57. The van der Waals surface area contributed by atoms with Gasteiger partial charge in [-0.15, -0.1) is 0 Å². The van der Waals surface area contributed by atoms with Crippen molar-refractivity contribution in [3.05, 3.63) is 35.0 Å². The first-order chi connectivity index (χ1) is 8.74. The van der Waals surface area contributed by atoms with Crippen LogP contribution in [0.2, 0.25) is 5.02 Å². The van der Waals surface area contributed by atoms with E-state index in [0.29, 0.717) is 5.92 Å². The topological polar surface area (TPSA) is 48.4 Å². The second-order valence-corrected chi connectivity index (χ2v) is 5.24. The molecule has 1 saturated heterocycles. The summed E-state index contributed by atoms with van der Waals surface area (Å²) in [7, 11) is 0. The summed E-state index contributed by atoms with van der Waals surface area (Å²) in [6.07, 6.45) is 2.00. The number of nitrogens with two attached hydrogens (primary N) is 1. The second kappa shape index (κ2) is 4.92. The van der Waals surface area contributed by atoms with Crippen molar-refractivity contribution in [2.75, 3.05) is 13.2 Å². The molecule has 0 radical (unpaired) electrons. The van der Waals surface area contributed by atoms with E-state index in [2.05, 4.69) is 0 Å². The first-order valence-electron chi connectivity index (χ1n) is 6.26. The molecule has 0 saturated carbocycles. The standard InChI is InChI=1S/C14H16ClNO2/c15-11-1-2-12-10(7-11)8-13(18-12)14(16)9-3-5-17-6-4-9/h1-2,7-9,14H,3-6,16H2. The molecule has 0 aliphatic carbocycles. The van der Waals surface area contributed by atoms with E-state index in [4.69, 9.17) is 26.5 Å². The lowest BCUT2D eigenvalue weighted by molar-refractivity contribution is 0.0562. The highest BCUT2D eigenvalue weighted by atomic mass is 35.5. The van der Waals surface area contributed by atoms with E-state index in [1.807, 2.05) is 24.3 Å². The lowest BCUT2D eigenvalue weighted by atomic mass is 9.91. The van der Waals surface area contributed by atoms with Crippen LogP contribution in [0.1, 0.15) is 24.6 Å². The van der Waals surface area contributed by atoms with Crippen LogP contribution in [-0.4, -0.2) is 13.2 Å². The molecule has 2 aromatic rings. The van der Waals surface area contributed by atoms with Gasteiger partial charge in [0.1, 0.15) is 11.3 Å². The van der Waals surface area contributed by atoms with Crippen molar-refractivity contribution in [3.63, 3.8) is 0 Å². The maximum atomic E-state index is 6.29. The SMILES string of the molecule is NC(c1cc2cc(Cl)ccc2o1)C1CCOCC1. The van der Waals surface area contributed by atoms with Gasteiger partial charge < -0.3 is 14.9 Å². The van der Waals surface area contributed by atoms with Gasteiger partial charge in [-0.25, -0.2) is 0 Å². The molecule has 96 valence electrons. The molecule has 2 N–H and O–H groups in total. The van der Waals surface area contributed by atoms with E-state index in [1.165, 1.54) is 0 Å². The summed E-state index contributed by atoms with van der Waals surface area (Å²) in [5.74, 6) is 1.29. The van der Waals surface area contributed by atoms with Gasteiger partial charge in [0.05, 0.1) is 6.04 Å². The van der Waals surface area contributed by atoms with Crippen LogP contribution >= 0.6 is 11.6 Å². The van der Waals surface area contributed by atoms with Gasteiger partial charge in [-0.05, 0) is 43.0 Å². The predicted molar refractivity (Wildman–Crippen MR) is 71.7 cm³/mol. The Bertz CT molecular complexity index is 546. The fraction of sp³-hybridized carbons (Fsp3) is 0.429. The smallest absolute Gasteiger partial charge is 0.134 e. The minimum Gasteiger partial charge on any atom is -0.459 e. The minimum atomic E-state index is -0.0555. The quantitative estimate of drug-likeness (QED) is 0.904.